The molecule has 140 valence electrons. The molecule has 0 radical (unpaired) electrons. The molecule has 2 N–H and O–H groups in total. The Morgan fingerprint density at radius 1 is 1.07 bits per heavy atom. The lowest BCUT2D eigenvalue weighted by Gasteiger charge is -2.12. The van der Waals surface area contributed by atoms with Crippen LogP contribution in [-0.2, 0) is 13.1 Å². The molecule has 0 aliphatic heterocycles. The predicted octanol–water partition coefficient (Wildman–Crippen LogP) is 5.34. The van der Waals surface area contributed by atoms with Gasteiger partial charge in [-0.2, -0.15) is 5.10 Å². The van der Waals surface area contributed by atoms with Crippen molar-refractivity contribution >= 4 is 46.2 Å². The second-order valence-electron chi connectivity index (χ2n) is 6.23. The van der Waals surface area contributed by atoms with Crippen LogP contribution >= 0.6 is 35.4 Å². The highest BCUT2D eigenvalue weighted by molar-refractivity contribution is 7.80. The molecule has 4 nitrogen and oxygen atoms in total. The van der Waals surface area contributed by atoms with Gasteiger partial charge in [-0.05, 0) is 55.4 Å². The Morgan fingerprint density at radius 3 is 2.48 bits per heavy atom. The van der Waals surface area contributed by atoms with Crippen molar-refractivity contribution in [2.75, 3.05) is 5.32 Å². The average molecular weight is 419 g/mol. The molecule has 0 aliphatic rings. The van der Waals surface area contributed by atoms with Crippen LogP contribution < -0.4 is 10.6 Å². The minimum absolute atomic E-state index is 0.549. The molecule has 1 heterocycles. The first-order valence-electron chi connectivity index (χ1n) is 8.50. The van der Waals surface area contributed by atoms with Gasteiger partial charge >= 0.3 is 0 Å². The summed E-state index contributed by atoms with van der Waals surface area (Å²) in [7, 11) is 0. The summed E-state index contributed by atoms with van der Waals surface area (Å²) in [6.07, 6.45) is 0. The van der Waals surface area contributed by atoms with Gasteiger partial charge in [0.25, 0.3) is 0 Å². The van der Waals surface area contributed by atoms with Crippen molar-refractivity contribution in [3.63, 3.8) is 0 Å². The lowest BCUT2D eigenvalue weighted by atomic mass is 10.2. The first-order valence-corrected chi connectivity index (χ1v) is 9.67. The second-order valence-corrected chi connectivity index (χ2v) is 7.48. The standard InChI is InChI=1S/C20H20Cl2N4S/c1-13-19(24-20(27)23-11-15-7-9-17(21)10-8-15)14(2)26(25-13)12-16-5-3-4-6-18(16)22/h3-10H,11-12H2,1-2H3,(H2,23,24,27). The zero-order chi connectivity index (χ0) is 19.4. The Bertz CT molecular complexity index is 951. The van der Waals surface area contributed by atoms with E-state index in [1.165, 1.54) is 0 Å². The number of thiocarbonyl (C=S) groups is 1. The van der Waals surface area contributed by atoms with Crippen LogP contribution in [0.15, 0.2) is 48.5 Å². The van der Waals surface area contributed by atoms with E-state index in [1.54, 1.807) is 0 Å². The highest BCUT2D eigenvalue weighted by Crippen LogP contribution is 2.22. The van der Waals surface area contributed by atoms with Gasteiger partial charge in [0.1, 0.15) is 0 Å². The number of halogens is 2. The predicted molar refractivity (Wildman–Crippen MR) is 117 cm³/mol. The van der Waals surface area contributed by atoms with Crippen molar-refractivity contribution in [2.24, 2.45) is 0 Å². The Hall–Kier alpha value is -2.08. The van der Waals surface area contributed by atoms with Gasteiger partial charge in [0, 0.05) is 16.6 Å². The van der Waals surface area contributed by atoms with Crippen LogP contribution in [0, 0.1) is 13.8 Å². The third-order valence-electron chi connectivity index (χ3n) is 4.26. The van der Waals surface area contributed by atoms with E-state index < -0.39 is 0 Å². The number of anilines is 1. The fourth-order valence-corrected chi connectivity index (χ4v) is 3.26. The average Bonchev–Trinajstić information content (AvgIpc) is 2.90. The molecule has 0 fully saturated rings. The summed E-state index contributed by atoms with van der Waals surface area (Å²) in [6, 6.07) is 15.4. The number of nitrogens with zero attached hydrogens (tertiary/aromatic N) is 2. The van der Waals surface area contributed by atoms with Gasteiger partial charge in [-0.3, -0.25) is 4.68 Å². The monoisotopic (exact) mass is 418 g/mol. The van der Waals surface area contributed by atoms with Crippen molar-refractivity contribution in [1.29, 1.82) is 0 Å². The minimum Gasteiger partial charge on any atom is -0.358 e. The molecule has 0 amide bonds. The number of hydrogen-bond donors (Lipinski definition) is 2. The molecule has 0 saturated heterocycles. The van der Waals surface area contributed by atoms with Crippen molar-refractivity contribution < 1.29 is 0 Å². The third kappa shape index (κ3) is 5.01. The van der Waals surface area contributed by atoms with E-state index in [2.05, 4.69) is 15.7 Å². The molecule has 3 rings (SSSR count). The lowest BCUT2D eigenvalue weighted by Crippen LogP contribution is -2.28. The maximum absolute atomic E-state index is 6.27. The number of benzene rings is 2. The van der Waals surface area contributed by atoms with Gasteiger partial charge in [0.05, 0.1) is 23.6 Å². The van der Waals surface area contributed by atoms with Gasteiger partial charge in [0.15, 0.2) is 5.11 Å². The summed E-state index contributed by atoms with van der Waals surface area (Å²) in [5.41, 5.74) is 4.93. The normalized spacial score (nSPS) is 10.7. The first-order chi connectivity index (χ1) is 12.9. The summed E-state index contributed by atoms with van der Waals surface area (Å²) >= 11 is 17.6. The molecule has 3 aromatic rings. The molecular formula is C20H20Cl2N4S. The summed E-state index contributed by atoms with van der Waals surface area (Å²) in [5, 5.41) is 13.1. The molecule has 27 heavy (non-hydrogen) atoms. The van der Waals surface area contributed by atoms with Crippen LogP contribution in [0.4, 0.5) is 5.69 Å². The van der Waals surface area contributed by atoms with E-state index in [4.69, 9.17) is 35.4 Å². The molecule has 1 aromatic heterocycles. The van der Waals surface area contributed by atoms with Crippen LogP contribution in [0.5, 0.6) is 0 Å². The Kier molecular flexibility index (Phi) is 6.37. The maximum atomic E-state index is 6.27. The fraction of sp³-hybridized carbons (Fsp3) is 0.200. The SMILES string of the molecule is Cc1nn(Cc2ccccc2Cl)c(C)c1NC(=S)NCc1ccc(Cl)cc1. The lowest BCUT2D eigenvalue weighted by molar-refractivity contribution is 0.659. The van der Waals surface area contributed by atoms with E-state index in [-0.39, 0.29) is 0 Å². The van der Waals surface area contributed by atoms with Crippen molar-refractivity contribution in [3.8, 4) is 0 Å². The Balaban J connectivity index is 1.66. The van der Waals surface area contributed by atoms with Gasteiger partial charge in [-0.15, -0.1) is 0 Å². The van der Waals surface area contributed by atoms with Crippen LogP contribution in [0.25, 0.3) is 0 Å². The molecule has 0 aliphatic carbocycles. The largest absolute Gasteiger partial charge is 0.358 e. The van der Waals surface area contributed by atoms with E-state index in [9.17, 15) is 0 Å². The third-order valence-corrected chi connectivity index (χ3v) is 5.13. The second kappa shape index (κ2) is 8.74. The fourth-order valence-electron chi connectivity index (χ4n) is 2.76. The van der Waals surface area contributed by atoms with Crippen molar-refractivity contribution in [3.05, 3.63) is 81.1 Å². The van der Waals surface area contributed by atoms with Crippen molar-refractivity contribution in [1.82, 2.24) is 15.1 Å². The van der Waals surface area contributed by atoms with E-state index in [0.717, 1.165) is 38.2 Å². The molecule has 0 unspecified atom stereocenters. The minimum atomic E-state index is 0.549. The topological polar surface area (TPSA) is 41.9 Å². The van der Waals surface area contributed by atoms with Crippen LogP contribution in [0.2, 0.25) is 10.0 Å². The molecule has 0 spiro atoms. The highest BCUT2D eigenvalue weighted by atomic mass is 35.5. The smallest absolute Gasteiger partial charge is 0.171 e. The van der Waals surface area contributed by atoms with Gasteiger partial charge in [-0.25, -0.2) is 0 Å². The van der Waals surface area contributed by atoms with Crippen LogP contribution in [0.3, 0.4) is 0 Å². The number of rotatable bonds is 5. The van der Waals surface area contributed by atoms with E-state index in [1.807, 2.05) is 67.1 Å². The number of hydrogen-bond acceptors (Lipinski definition) is 2. The number of nitrogens with one attached hydrogen (secondary N) is 2. The molecule has 0 atom stereocenters. The van der Waals surface area contributed by atoms with Crippen LogP contribution in [-0.4, -0.2) is 14.9 Å². The van der Waals surface area contributed by atoms with Gasteiger partial charge in [0.2, 0.25) is 0 Å². The zero-order valence-corrected chi connectivity index (χ0v) is 17.4. The first kappa shape index (κ1) is 19.7. The zero-order valence-electron chi connectivity index (χ0n) is 15.1. The number of aryl methyl sites for hydroxylation is 1. The summed E-state index contributed by atoms with van der Waals surface area (Å²) in [4.78, 5) is 0. The Labute approximate surface area is 174 Å². The Morgan fingerprint density at radius 2 is 1.78 bits per heavy atom. The quantitative estimate of drug-likeness (QED) is 0.548. The molecule has 7 heteroatoms. The summed E-state index contributed by atoms with van der Waals surface area (Å²) in [5.74, 6) is 0. The highest BCUT2D eigenvalue weighted by Gasteiger charge is 2.13. The van der Waals surface area contributed by atoms with Crippen molar-refractivity contribution in [2.45, 2.75) is 26.9 Å². The van der Waals surface area contributed by atoms with E-state index >= 15 is 0 Å². The van der Waals surface area contributed by atoms with E-state index in [0.29, 0.717) is 18.2 Å². The van der Waals surface area contributed by atoms with Crippen LogP contribution in [0.1, 0.15) is 22.5 Å². The summed E-state index contributed by atoms with van der Waals surface area (Å²) in [6.45, 7) is 5.20. The molecule has 2 aromatic carbocycles. The summed E-state index contributed by atoms with van der Waals surface area (Å²) < 4.78 is 1.93. The van der Waals surface area contributed by atoms with Gasteiger partial charge < -0.3 is 10.6 Å². The van der Waals surface area contributed by atoms with Gasteiger partial charge in [-0.1, -0.05) is 53.5 Å². The maximum Gasteiger partial charge on any atom is 0.171 e. The number of aromatic nitrogens is 2. The molecule has 0 bridgehead atoms. The molecular weight excluding hydrogens is 399 g/mol. The molecule has 0 saturated carbocycles.